The van der Waals surface area contributed by atoms with Crippen LogP contribution in [0.25, 0.3) is 11.5 Å². The van der Waals surface area contributed by atoms with Crippen molar-refractivity contribution in [2.75, 3.05) is 18.6 Å². The molecule has 1 atom stereocenters. The molecule has 1 saturated carbocycles. The van der Waals surface area contributed by atoms with E-state index in [1.807, 2.05) is 25.3 Å². The molecular formula is C18H24N4O2. The van der Waals surface area contributed by atoms with E-state index < -0.39 is 5.60 Å². The lowest BCUT2D eigenvalue weighted by Gasteiger charge is -2.25. The molecule has 2 aliphatic rings. The van der Waals surface area contributed by atoms with Crippen LogP contribution < -0.4 is 4.90 Å². The van der Waals surface area contributed by atoms with Crippen LogP contribution in [0.1, 0.15) is 51.3 Å². The van der Waals surface area contributed by atoms with Crippen LogP contribution in [0, 0.1) is 0 Å². The standard InChI is InChI=1S/C18H24N4O2/c1-18(9-5-11-23-18)17-20-16(24-21-17)13-8-10-19-15(12-13)22(2)14-6-3-4-7-14/h8,10,12,14H,3-7,9,11H2,1-2H3/t18-/m0/s1. The summed E-state index contributed by atoms with van der Waals surface area (Å²) in [5, 5.41) is 4.15. The molecule has 6 nitrogen and oxygen atoms in total. The second kappa shape index (κ2) is 6.16. The van der Waals surface area contributed by atoms with E-state index in [0.29, 0.717) is 17.8 Å². The number of rotatable bonds is 4. The van der Waals surface area contributed by atoms with Gasteiger partial charge in [-0.15, -0.1) is 0 Å². The quantitative estimate of drug-likeness (QED) is 0.855. The van der Waals surface area contributed by atoms with E-state index >= 15 is 0 Å². The number of pyridine rings is 1. The van der Waals surface area contributed by atoms with E-state index in [-0.39, 0.29) is 0 Å². The summed E-state index contributed by atoms with van der Waals surface area (Å²) in [5.41, 5.74) is 0.489. The number of anilines is 1. The van der Waals surface area contributed by atoms with E-state index in [0.717, 1.165) is 30.8 Å². The van der Waals surface area contributed by atoms with Gasteiger partial charge in [-0.05, 0) is 44.7 Å². The average Bonchev–Trinajstić information content (AvgIpc) is 3.35. The van der Waals surface area contributed by atoms with Gasteiger partial charge in [-0.2, -0.15) is 4.98 Å². The van der Waals surface area contributed by atoms with Crippen LogP contribution >= 0.6 is 0 Å². The summed E-state index contributed by atoms with van der Waals surface area (Å²) in [6.07, 6.45) is 8.87. The second-order valence-electron chi connectivity index (χ2n) is 7.06. The Kier molecular flexibility index (Phi) is 4.00. The van der Waals surface area contributed by atoms with Crippen molar-refractivity contribution in [2.45, 2.75) is 57.1 Å². The average molecular weight is 328 g/mol. The maximum atomic E-state index is 5.80. The number of hydrogen-bond acceptors (Lipinski definition) is 6. The Morgan fingerprint density at radius 1 is 1.25 bits per heavy atom. The van der Waals surface area contributed by atoms with Gasteiger partial charge in [0.1, 0.15) is 11.4 Å². The minimum Gasteiger partial charge on any atom is -0.367 e. The van der Waals surface area contributed by atoms with Gasteiger partial charge in [0.2, 0.25) is 5.82 Å². The van der Waals surface area contributed by atoms with Crippen LogP contribution in [-0.2, 0) is 10.3 Å². The Balaban J connectivity index is 1.58. The summed E-state index contributed by atoms with van der Waals surface area (Å²) in [6.45, 7) is 2.78. The SMILES string of the molecule is CN(c1cc(-c2nc([C@]3(C)CCCO3)no2)ccn1)C1CCCC1. The monoisotopic (exact) mass is 328 g/mol. The van der Waals surface area contributed by atoms with Crippen molar-refractivity contribution in [1.82, 2.24) is 15.1 Å². The molecule has 2 aromatic rings. The molecule has 128 valence electrons. The van der Waals surface area contributed by atoms with Crippen LogP contribution in [-0.4, -0.2) is 34.8 Å². The molecule has 0 bridgehead atoms. The molecule has 3 heterocycles. The van der Waals surface area contributed by atoms with Crippen molar-refractivity contribution in [3.05, 3.63) is 24.2 Å². The number of aromatic nitrogens is 3. The summed E-state index contributed by atoms with van der Waals surface area (Å²) >= 11 is 0. The van der Waals surface area contributed by atoms with E-state index in [1.165, 1.54) is 25.7 Å². The molecule has 0 radical (unpaired) electrons. The largest absolute Gasteiger partial charge is 0.367 e. The van der Waals surface area contributed by atoms with Gasteiger partial charge in [0.15, 0.2) is 0 Å². The van der Waals surface area contributed by atoms with Gasteiger partial charge in [-0.25, -0.2) is 4.98 Å². The molecule has 1 aliphatic carbocycles. The van der Waals surface area contributed by atoms with Crippen molar-refractivity contribution >= 4 is 5.82 Å². The van der Waals surface area contributed by atoms with Gasteiger partial charge < -0.3 is 14.2 Å². The first-order valence-electron chi connectivity index (χ1n) is 8.83. The highest BCUT2D eigenvalue weighted by Crippen LogP contribution is 2.35. The van der Waals surface area contributed by atoms with E-state index in [2.05, 4.69) is 27.1 Å². The molecule has 0 N–H and O–H groups in total. The van der Waals surface area contributed by atoms with E-state index in [4.69, 9.17) is 9.26 Å². The van der Waals surface area contributed by atoms with E-state index in [1.54, 1.807) is 0 Å². The topological polar surface area (TPSA) is 64.3 Å². The third kappa shape index (κ3) is 2.79. The molecule has 6 heteroatoms. The molecule has 0 amide bonds. The Morgan fingerprint density at radius 2 is 2.08 bits per heavy atom. The lowest BCUT2D eigenvalue weighted by Crippen LogP contribution is -2.29. The summed E-state index contributed by atoms with van der Waals surface area (Å²) in [6, 6.07) is 4.53. The summed E-state index contributed by atoms with van der Waals surface area (Å²) in [7, 11) is 2.12. The zero-order chi connectivity index (χ0) is 16.6. The van der Waals surface area contributed by atoms with Crippen molar-refractivity contribution in [1.29, 1.82) is 0 Å². The van der Waals surface area contributed by atoms with Crippen LogP contribution in [0.2, 0.25) is 0 Å². The van der Waals surface area contributed by atoms with Crippen molar-refractivity contribution < 1.29 is 9.26 Å². The molecule has 24 heavy (non-hydrogen) atoms. The number of hydrogen-bond donors (Lipinski definition) is 0. The highest BCUT2D eigenvalue weighted by Gasteiger charge is 2.36. The summed E-state index contributed by atoms with van der Waals surface area (Å²) in [4.78, 5) is 11.4. The Morgan fingerprint density at radius 3 is 2.83 bits per heavy atom. The van der Waals surface area contributed by atoms with Gasteiger partial charge in [0.05, 0.1) is 0 Å². The fraction of sp³-hybridized carbons (Fsp3) is 0.611. The normalized spacial score (nSPS) is 24.6. The van der Waals surface area contributed by atoms with E-state index in [9.17, 15) is 0 Å². The minimum absolute atomic E-state index is 0.418. The van der Waals surface area contributed by atoms with Crippen LogP contribution in [0.4, 0.5) is 5.82 Å². The molecular weight excluding hydrogens is 304 g/mol. The predicted molar refractivity (Wildman–Crippen MR) is 90.7 cm³/mol. The summed E-state index contributed by atoms with van der Waals surface area (Å²) < 4.78 is 11.3. The van der Waals surface area contributed by atoms with Gasteiger partial charge in [-0.1, -0.05) is 18.0 Å². The van der Waals surface area contributed by atoms with Gasteiger partial charge in [0.25, 0.3) is 5.89 Å². The fourth-order valence-electron chi connectivity index (χ4n) is 3.73. The third-order valence-electron chi connectivity index (χ3n) is 5.34. The maximum absolute atomic E-state index is 5.80. The smallest absolute Gasteiger partial charge is 0.258 e. The number of nitrogens with zero attached hydrogens (tertiary/aromatic N) is 4. The van der Waals surface area contributed by atoms with Gasteiger partial charge >= 0.3 is 0 Å². The molecule has 2 aromatic heterocycles. The maximum Gasteiger partial charge on any atom is 0.258 e. The minimum atomic E-state index is -0.418. The molecule has 0 aromatic carbocycles. The first kappa shape index (κ1) is 15.6. The zero-order valence-corrected chi connectivity index (χ0v) is 14.4. The predicted octanol–water partition coefficient (Wildman–Crippen LogP) is 3.54. The molecule has 0 spiro atoms. The molecule has 1 aliphatic heterocycles. The molecule has 0 unspecified atom stereocenters. The van der Waals surface area contributed by atoms with Crippen molar-refractivity contribution in [3.8, 4) is 11.5 Å². The lowest BCUT2D eigenvalue weighted by atomic mass is 10.0. The first-order chi connectivity index (χ1) is 11.7. The summed E-state index contributed by atoms with van der Waals surface area (Å²) in [5.74, 6) is 2.13. The van der Waals surface area contributed by atoms with Crippen LogP contribution in [0.15, 0.2) is 22.9 Å². The Labute approximate surface area is 142 Å². The third-order valence-corrected chi connectivity index (χ3v) is 5.34. The first-order valence-corrected chi connectivity index (χ1v) is 8.83. The van der Waals surface area contributed by atoms with Gasteiger partial charge in [0, 0.05) is 31.5 Å². The lowest BCUT2D eigenvalue weighted by molar-refractivity contribution is 0.00768. The zero-order valence-electron chi connectivity index (χ0n) is 14.4. The Bertz CT molecular complexity index is 703. The van der Waals surface area contributed by atoms with Crippen molar-refractivity contribution in [3.63, 3.8) is 0 Å². The fourth-order valence-corrected chi connectivity index (χ4v) is 3.73. The highest BCUT2D eigenvalue weighted by atomic mass is 16.5. The molecule has 1 saturated heterocycles. The van der Waals surface area contributed by atoms with Crippen LogP contribution in [0.5, 0.6) is 0 Å². The van der Waals surface area contributed by atoms with Gasteiger partial charge in [-0.3, -0.25) is 0 Å². The second-order valence-corrected chi connectivity index (χ2v) is 7.06. The highest BCUT2D eigenvalue weighted by molar-refractivity contribution is 5.58. The Hall–Kier alpha value is -1.95. The molecule has 4 rings (SSSR count). The van der Waals surface area contributed by atoms with Crippen LogP contribution in [0.3, 0.4) is 0 Å². The molecule has 2 fully saturated rings. The van der Waals surface area contributed by atoms with Crippen molar-refractivity contribution in [2.24, 2.45) is 0 Å². The number of ether oxygens (including phenoxy) is 1.